The third-order valence-electron chi connectivity index (χ3n) is 2.06. The van der Waals surface area contributed by atoms with Crippen molar-refractivity contribution in [1.82, 2.24) is 0 Å². The highest BCUT2D eigenvalue weighted by atomic mass is 16.1. The molecule has 0 aliphatic carbocycles. The highest BCUT2D eigenvalue weighted by Gasteiger charge is 2.11. The first-order chi connectivity index (χ1) is 5.75. The van der Waals surface area contributed by atoms with Crippen LogP contribution in [0.3, 0.4) is 0 Å². The lowest BCUT2D eigenvalue weighted by Crippen LogP contribution is -2.09. The normalized spacial score (nSPS) is 12.5. The average Bonchev–Trinajstić information content (AvgIpc) is 2.17. The van der Waals surface area contributed by atoms with Crippen LogP contribution in [0.25, 0.3) is 0 Å². The molecule has 0 aliphatic rings. The highest BCUT2D eigenvalue weighted by Crippen LogP contribution is 2.10. The summed E-state index contributed by atoms with van der Waals surface area (Å²) in [4.78, 5) is 11.6. The van der Waals surface area contributed by atoms with E-state index < -0.39 is 0 Å². The first-order valence-corrected chi connectivity index (χ1v) is 4.26. The van der Waals surface area contributed by atoms with Gasteiger partial charge >= 0.3 is 0 Å². The summed E-state index contributed by atoms with van der Waals surface area (Å²) in [6.45, 7) is 3.98. The molecule has 0 saturated carbocycles. The lowest BCUT2D eigenvalue weighted by molar-refractivity contribution is 0.0927. The molecule has 0 fully saturated rings. The minimum absolute atomic E-state index is 0.132. The van der Waals surface area contributed by atoms with Crippen LogP contribution >= 0.6 is 0 Å². The van der Waals surface area contributed by atoms with Crippen LogP contribution < -0.4 is 0 Å². The van der Waals surface area contributed by atoms with Crippen LogP contribution in [0.5, 0.6) is 0 Å². The van der Waals surface area contributed by atoms with Gasteiger partial charge in [0, 0.05) is 11.5 Å². The molecule has 0 amide bonds. The Hall–Kier alpha value is -1.11. The van der Waals surface area contributed by atoms with E-state index in [4.69, 9.17) is 0 Å². The molecule has 12 heavy (non-hydrogen) atoms. The van der Waals surface area contributed by atoms with Gasteiger partial charge in [0.1, 0.15) is 0 Å². The highest BCUT2D eigenvalue weighted by molar-refractivity contribution is 5.97. The van der Waals surface area contributed by atoms with Crippen molar-refractivity contribution in [2.75, 3.05) is 0 Å². The SMILES string of the molecule is CCC(C)C(=O)c1cc[c]cc1. The minimum Gasteiger partial charge on any atom is -0.294 e. The Morgan fingerprint density at radius 3 is 2.58 bits per heavy atom. The molecular formula is C11H13O. The van der Waals surface area contributed by atoms with Gasteiger partial charge in [-0.2, -0.15) is 0 Å². The maximum absolute atomic E-state index is 11.6. The van der Waals surface area contributed by atoms with Gasteiger partial charge in [0.2, 0.25) is 0 Å². The largest absolute Gasteiger partial charge is 0.294 e. The molecule has 1 rings (SSSR count). The van der Waals surface area contributed by atoms with Crippen LogP contribution in [0.2, 0.25) is 0 Å². The molecule has 1 aromatic carbocycles. The number of carbonyl (C=O) groups excluding carboxylic acids is 1. The van der Waals surface area contributed by atoms with Gasteiger partial charge in [-0.15, -0.1) is 0 Å². The molecule has 0 spiro atoms. The molecule has 0 aliphatic heterocycles. The fourth-order valence-electron chi connectivity index (χ4n) is 1.02. The molecule has 1 radical (unpaired) electrons. The van der Waals surface area contributed by atoms with Crippen molar-refractivity contribution in [3.8, 4) is 0 Å². The van der Waals surface area contributed by atoms with Crippen molar-refractivity contribution in [1.29, 1.82) is 0 Å². The monoisotopic (exact) mass is 161 g/mol. The predicted molar refractivity (Wildman–Crippen MR) is 49.1 cm³/mol. The van der Waals surface area contributed by atoms with Crippen molar-refractivity contribution < 1.29 is 4.79 Å². The molecule has 1 nitrogen and oxygen atoms in total. The van der Waals surface area contributed by atoms with E-state index in [0.717, 1.165) is 12.0 Å². The first kappa shape index (κ1) is 8.98. The van der Waals surface area contributed by atoms with Gasteiger partial charge in [-0.1, -0.05) is 38.1 Å². The molecule has 0 bridgehead atoms. The topological polar surface area (TPSA) is 17.1 Å². The zero-order chi connectivity index (χ0) is 8.97. The lowest BCUT2D eigenvalue weighted by Gasteiger charge is -2.05. The number of ketones is 1. The third kappa shape index (κ3) is 1.94. The predicted octanol–water partition coefficient (Wildman–Crippen LogP) is 2.72. The zero-order valence-corrected chi connectivity index (χ0v) is 7.50. The van der Waals surface area contributed by atoms with Crippen molar-refractivity contribution in [2.24, 2.45) is 5.92 Å². The molecule has 1 heteroatoms. The number of Topliss-reactive ketones (excluding diaryl/α,β-unsaturated/α-hetero) is 1. The van der Waals surface area contributed by atoms with E-state index in [2.05, 4.69) is 6.07 Å². The first-order valence-electron chi connectivity index (χ1n) is 4.26. The number of hydrogen-bond acceptors (Lipinski definition) is 1. The lowest BCUT2D eigenvalue weighted by atomic mass is 9.97. The Bertz CT molecular complexity index is 251. The van der Waals surface area contributed by atoms with Crippen molar-refractivity contribution in [3.63, 3.8) is 0 Å². The molecule has 63 valence electrons. The van der Waals surface area contributed by atoms with Gasteiger partial charge in [-0.05, 0) is 12.5 Å². The van der Waals surface area contributed by atoms with Crippen LogP contribution in [0.4, 0.5) is 0 Å². The number of benzene rings is 1. The second-order valence-corrected chi connectivity index (χ2v) is 2.96. The molecule has 0 saturated heterocycles. The van der Waals surface area contributed by atoms with Crippen molar-refractivity contribution in [3.05, 3.63) is 35.9 Å². The maximum Gasteiger partial charge on any atom is 0.165 e. The van der Waals surface area contributed by atoms with Gasteiger partial charge < -0.3 is 0 Å². The van der Waals surface area contributed by atoms with E-state index in [1.54, 1.807) is 12.1 Å². The zero-order valence-electron chi connectivity index (χ0n) is 7.50. The van der Waals surface area contributed by atoms with E-state index in [0.29, 0.717) is 0 Å². The van der Waals surface area contributed by atoms with Gasteiger partial charge in [0.25, 0.3) is 0 Å². The number of hydrogen-bond donors (Lipinski definition) is 0. The van der Waals surface area contributed by atoms with E-state index in [9.17, 15) is 4.79 Å². The molecule has 0 N–H and O–H groups in total. The van der Waals surface area contributed by atoms with Crippen molar-refractivity contribution >= 4 is 5.78 Å². The summed E-state index contributed by atoms with van der Waals surface area (Å²) in [6, 6.07) is 10.1. The van der Waals surface area contributed by atoms with Gasteiger partial charge in [0.05, 0.1) is 0 Å². The van der Waals surface area contributed by atoms with Crippen LogP contribution in [0.1, 0.15) is 30.6 Å². The molecular weight excluding hydrogens is 148 g/mol. The third-order valence-corrected chi connectivity index (χ3v) is 2.06. The Morgan fingerprint density at radius 2 is 2.08 bits per heavy atom. The summed E-state index contributed by atoms with van der Waals surface area (Å²) in [6.07, 6.45) is 0.900. The summed E-state index contributed by atoms with van der Waals surface area (Å²) >= 11 is 0. The van der Waals surface area contributed by atoms with Gasteiger partial charge in [0.15, 0.2) is 5.78 Å². The minimum atomic E-state index is 0.132. The van der Waals surface area contributed by atoms with E-state index in [1.165, 1.54) is 0 Å². The fourth-order valence-corrected chi connectivity index (χ4v) is 1.02. The Balaban J connectivity index is 2.79. The summed E-state index contributed by atoms with van der Waals surface area (Å²) in [7, 11) is 0. The maximum atomic E-state index is 11.6. The quantitative estimate of drug-likeness (QED) is 0.623. The van der Waals surface area contributed by atoms with E-state index in [1.807, 2.05) is 26.0 Å². The second-order valence-electron chi connectivity index (χ2n) is 2.96. The summed E-state index contributed by atoms with van der Waals surface area (Å²) < 4.78 is 0. The fraction of sp³-hybridized carbons (Fsp3) is 0.364. The Morgan fingerprint density at radius 1 is 1.50 bits per heavy atom. The summed E-state index contributed by atoms with van der Waals surface area (Å²) in [5.41, 5.74) is 0.795. The molecule has 0 aromatic heterocycles. The molecule has 1 atom stereocenters. The summed E-state index contributed by atoms with van der Waals surface area (Å²) in [5.74, 6) is 0.360. The molecule has 1 aromatic rings. The van der Waals surface area contributed by atoms with Crippen molar-refractivity contribution in [2.45, 2.75) is 20.3 Å². The summed E-state index contributed by atoms with van der Waals surface area (Å²) in [5, 5.41) is 0. The Labute approximate surface area is 73.4 Å². The van der Waals surface area contributed by atoms with Crippen LogP contribution in [0, 0.1) is 12.0 Å². The van der Waals surface area contributed by atoms with Crippen LogP contribution in [0.15, 0.2) is 24.3 Å². The second kappa shape index (κ2) is 4.05. The van der Waals surface area contributed by atoms with Crippen LogP contribution in [-0.2, 0) is 0 Å². The number of carbonyl (C=O) groups is 1. The standard InChI is InChI=1S/C11H13O/c1-3-9(2)11(12)10-7-5-4-6-8-10/h5-9H,3H2,1-2H3. The average molecular weight is 161 g/mol. The van der Waals surface area contributed by atoms with E-state index in [-0.39, 0.29) is 11.7 Å². The smallest absolute Gasteiger partial charge is 0.165 e. The molecule has 1 unspecified atom stereocenters. The van der Waals surface area contributed by atoms with E-state index >= 15 is 0 Å². The van der Waals surface area contributed by atoms with Gasteiger partial charge in [-0.3, -0.25) is 4.79 Å². The van der Waals surface area contributed by atoms with Crippen LogP contribution in [-0.4, -0.2) is 5.78 Å². The van der Waals surface area contributed by atoms with Gasteiger partial charge in [-0.25, -0.2) is 0 Å². The Kier molecular flexibility index (Phi) is 3.03. The molecule has 0 heterocycles. The number of rotatable bonds is 3.